The van der Waals surface area contributed by atoms with Crippen molar-refractivity contribution in [3.8, 4) is 0 Å². The lowest BCUT2D eigenvalue weighted by atomic mass is 10.6. The van der Waals surface area contributed by atoms with Crippen molar-refractivity contribution in [2.75, 3.05) is 0 Å². The first kappa shape index (κ1) is 13.9. The lowest BCUT2D eigenvalue weighted by molar-refractivity contribution is -0.109. The normalized spacial score (nSPS) is 11.8. The maximum Gasteiger partial charge on any atom is 0.445 e. The molecule has 0 atom stereocenters. The molecule has 0 bridgehead atoms. The van der Waals surface area contributed by atoms with Gasteiger partial charge in [0.15, 0.2) is 5.29 Å². The van der Waals surface area contributed by atoms with Crippen molar-refractivity contribution in [1.82, 2.24) is 0 Å². The van der Waals surface area contributed by atoms with Crippen molar-refractivity contribution in [3.05, 3.63) is 24.0 Å². The number of halogens is 7. The summed E-state index contributed by atoms with van der Waals surface area (Å²) in [4.78, 5) is 0. The van der Waals surface area contributed by atoms with Gasteiger partial charge >= 0.3 is 6.18 Å². The van der Waals surface area contributed by atoms with Crippen LogP contribution in [-0.4, -0.2) is 6.18 Å². The molecule has 0 nitrogen and oxygen atoms in total. The van der Waals surface area contributed by atoms with Gasteiger partial charge in [0.1, 0.15) is 6.33 Å². The topological polar surface area (TPSA) is 0 Å². The second-order valence-electron chi connectivity index (χ2n) is 1.29. The fraction of sp³-hybridized carbons (Fsp3) is 0.200. The highest BCUT2D eigenvalue weighted by atomic mass is 35.5. The standard InChI is InChI=1S/C3HF5.C2H2ClF/c4-1-2(5)3(6,7)8;1-2(3)4/h1H;1H2/b2-1-;. The molecule has 7 heteroatoms. The fourth-order valence-corrected chi connectivity index (χ4v) is 0.0619. The third kappa shape index (κ3) is 12.1. The van der Waals surface area contributed by atoms with E-state index in [-0.39, 0.29) is 0 Å². The molecule has 0 unspecified atom stereocenters. The van der Waals surface area contributed by atoms with Crippen molar-refractivity contribution >= 4 is 11.6 Å². The van der Waals surface area contributed by atoms with Crippen LogP contribution in [0.25, 0.3) is 0 Å². The Labute approximate surface area is 69.1 Å². The van der Waals surface area contributed by atoms with Crippen LogP contribution in [-0.2, 0) is 0 Å². The van der Waals surface area contributed by atoms with Crippen molar-refractivity contribution in [2.45, 2.75) is 6.18 Å². The highest BCUT2D eigenvalue weighted by Crippen LogP contribution is 2.25. The van der Waals surface area contributed by atoms with E-state index in [0.29, 0.717) is 0 Å². The van der Waals surface area contributed by atoms with Crippen molar-refractivity contribution in [3.63, 3.8) is 0 Å². The van der Waals surface area contributed by atoms with E-state index >= 15 is 0 Å². The minimum atomic E-state index is -5.17. The molecule has 0 amide bonds. The first-order valence-corrected chi connectivity index (χ1v) is 2.62. The number of alkyl halides is 3. The molecule has 0 aliphatic rings. The highest BCUT2D eigenvalue weighted by molar-refractivity contribution is 6.27. The number of allylic oxidation sites excluding steroid dienone is 1. The Kier molecular flexibility index (Phi) is 6.88. The minimum Gasteiger partial charge on any atom is -0.212 e. The zero-order valence-electron chi connectivity index (χ0n) is 5.43. The molecule has 0 saturated carbocycles. The predicted octanol–water partition coefficient (Wildman–Crippen LogP) is 4.00. The summed E-state index contributed by atoms with van der Waals surface area (Å²) in [5, 5.41) is -0.861. The molecule has 0 aliphatic heterocycles. The maximum atomic E-state index is 11.0. The van der Waals surface area contributed by atoms with E-state index in [2.05, 4.69) is 18.2 Å². The zero-order chi connectivity index (χ0) is 10.4. The summed E-state index contributed by atoms with van der Waals surface area (Å²) < 4.78 is 64.5. The minimum absolute atomic E-state index is 0.861. The van der Waals surface area contributed by atoms with Gasteiger partial charge in [0.05, 0.1) is 0 Å². The average Bonchev–Trinajstić information content (AvgIpc) is 1.82. The van der Waals surface area contributed by atoms with Crippen LogP contribution in [0.1, 0.15) is 0 Å². The maximum absolute atomic E-state index is 11.0. The second kappa shape index (κ2) is 5.93. The smallest absolute Gasteiger partial charge is 0.212 e. The molecule has 0 aromatic carbocycles. The predicted molar refractivity (Wildman–Crippen MR) is 32.5 cm³/mol. The van der Waals surface area contributed by atoms with Crippen LogP contribution in [0.5, 0.6) is 0 Å². The van der Waals surface area contributed by atoms with Gasteiger partial charge in [-0.15, -0.1) is 0 Å². The molecule has 0 saturated heterocycles. The Balaban J connectivity index is 0. The van der Waals surface area contributed by atoms with Gasteiger partial charge in [0, 0.05) is 0 Å². The van der Waals surface area contributed by atoms with E-state index < -0.39 is 23.6 Å². The SMILES string of the molecule is C=C(F)Cl.F/C=C(\F)C(F)(F)F. The summed E-state index contributed by atoms with van der Waals surface area (Å²) in [6, 6.07) is 0. The third-order valence-corrected chi connectivity index (χ3v) is 0.367. The van der Waals surface area contributed by atoms with Gasteiger partial charge < -0.3 is 0 Å². The average molecular weight is 213 g/mol. The Morgan fingerprint density at radius 1 is 1.25 bits per heavy atom. The van der Waals surface area contributed by atoms with E-state index in [9.17, 15) is 26.3 Å². The third-order valence-electron chi connectivity index (χ3n) is 0.367. The molecular formula is C5H3ClF6. The molecule has 0 spiro atoms. The van der Waals surface area contributed by atoms with Gasteiger partial charge in [-0.2, -0.15) is 22.0 Å². The summed E-state index contributed by atoms with van der Waals surface area (Å²) in [6.07, 6.45) is -6.30. The van der Waals surface area contributed by atoms with Gasteiger partial charge in [0.2, 0.25) is 5.83 Å². The lowest BCUT2D eigenvalue weighted by Crippen LogP contribution is -2.06. The van der Waals surface area contributed by atoms with Crippen LogP contribution < -0.4 is 0 Å². The molecule has 0 aliphatic carbocycles. The summed E-state index contributed by atoms with van der Waals surface area (Å²) in [7, 11) is 0. The summed E-state index contributed by atoms with van der Waals surface area (Å²) >= 11 is 4.41. The van der Waals surface area contributed by atoms with Crippen LogP contribution in [0.4, 0.5) is 26.3 Å². The van der Waals surface area contributed by atoms with E-state index in [1.807, 2.05) is 0 Å². The van der Waals surface area contributed by atoms with Crippen molar-refractivity contribution in [1.29, 1.82) is 0 Å². The van der Waals surface area contributed by atoms with Crippen LogP contribution in [0.15, 0.2) is 24.0 Å². The van der Waals surface area contributed by atoms with E-state index in [0.717, 1.165) is 0 Å². The lowest BCUT2D eigenvalue weighted by Gasteiger charge is -1.97. The Bertz CT molecular complexity index is 165. The summed E-state index contributed by atoms with van der Waals surface area (Å²) in [5.41, 5.74) is 0. The van der Waals surface area contributed by atoms with E-state index in [1.54, 1.807) is 0 Å². The van der Waals surface area contributed by atoms with E-state index in [1.165, 1.54) is 0 Å². The molecule has 0 rings (SSSR count). The molecular weight excluding hydrogens is 209 g/mol. The Hall–Kier alpha value is -0.650. The van der Waals surface area contributed by atoms with Gasteiger partial charge in [0.25, 0.3) is 0 Å². The largest absolute Gasteiger partial charge is 0.445 e. The quantitative estimate of drug-likeness (QED) is 0.533. The Morgan fingerprint density at radius 3 is 1.50 bits per heavy atom. The van der Waals surface area contributed by atoms with Gasteiger partial charge in [-0.1, -0.05) is 18.2 Å². The van der Waals surface area contributed by atoms with Crippen LogP contribution in [0.2, 0.25) is 0 Å². The molecule has 72 valence electrons. The molecule has 0 aromatic heterocycles. The number of hydrogen-bond acceptors (Lipinski definition) is 0. The molecule has 0 radical (unpaired) electrons. The first-order valence-electron chi connectivity index (χ1n) is 2.24. The fourth-order valence-electron chi connectivity index (χ4n) is 0.0619. The first-order chi connectivity index (χ1) is 5.21. The molecule has 0 N–H and O–H groups in total. The molecule has 0 aromatic rings. The zero-order valence-corrected chi connectivity index (χ0v) is 6.19. The van der Waals surface area contributed by atoms with Crippen LogP contribution in [0.3, 0.4) is 0 Å². The number of rotatable bonds is 0. The molecule has 0 heterocycles. The summed E-state index contributed by atoms with van der Waals surface area (Å²) in [5.74, 6) is -2.71. The highest BCUT2D eigenvalue weighted by Gasteiger charge is 2.34. The van der Waals surface area contributed by atoms with Crippen LogP contribution in [0, 0.1) is 0 Å². The Morgan fingerprint density at radius 2 is 1.50 bits per heavy atom. The number of hydrogen-bond donors (Lipinski definition) is 0. The molecule has 0 fully saturated rings. The van der Waals surface area contributed by atoms with Crippen LogP contribution >= 0.6 is 11.6 Å². The van der Waals surface area contributed by atoms with Gasteiger partial charge in [-0.3, -0.25) is 0 Å². The van der Waals surface area contributed by atoms with E-state index in [4.69, 9.17) is 0 Å². The van der Waals surface area contributed by atoms with Gasteiger partial charge in [-0.05, 0) is 0 Å². The second-order valence-corrected chi connectivity index (χ2v) is 1.70. The monoisotopic (exact) mass is 212 g/mol. The summed E-state index contributed by atoms with van der Waals surface area (Å²) in [6.45, 7) is 2.65. The van der Waals surface area contributed by atoms with Gasteiger partial charge in [-0.25, -0.2) is 4.39 Å². The molecule has 12 heavy (non-hydrogen) atoms. The van der Waals surface area contributed by atoms with Crippen molar-refractivity contribution in [2.24, 2.45) is 0 Å². The van der Waals surface area contributed by atoms with Crippen molar-refractivity contribution < 1.29 is 26.3 Å².